The molecule has 0 bridgehead atoms. The molecule has 1 aliphatic carbocycles. The average molecular weight is 754 g/mol. The molecule has 0 saturated heterocycles. The Bertz CT molecular complexity index is 1890. The molecule has 6 nitrogen and oxygen atoms in total. The van der Waals surface area contributed by atoms with Crippen LogP contribution in [0.25, 0.3) is 22.2 Å². The van der Waals surface area contributed by atoms with Gasteiger partial charge in [-0.15, -0.1) is 0 Å². The number of carbonyl (C=O) groups excluding carboxylic acids is 1. The summed E-state index contributed by atoms with van der Waals surface area (Å²) in [5.41, 5.74) is 5.29. The van der Waals surface area contributed by atoms with Gasteiger partial charge in [0.05, 0.1) is 17.5 Å². The van der Waals surface area contributed by atoms with Crippen molar-refractivity contribution in [2.45, 2.75) is 84.1 Å². The van der Waals surface area contributed by atoms with E-state index in [1.54, 1.807) is 7.11 Å². The van der Waals surface area contributed by atoms with Crippen LogP contribution >= 0.6 is 15.9 Å². The highest BCUT2D eigenvalue weighted by Gasteiger charge is 2.51. The minimum Gasteiger partial charge on any atom is -0.464 e. The standard InChI is InChI=1S/C42H49BrN2O4Si/c1-29(47-7)39-35(19-14-22-44-39)40-37(36-23-30(43)20-21-38(36)45(40)31-24-32(25-31)48-28-46)26-42(5,6)27-49-50(41(2,3)4,33-15-10-8-11-16-33)34-17-12-9-13-18-34/h8-23,28-29,31-32H,24-27H2,1-7H3/t29-,31?,32?/m0/s1. The molecular weight excluding hydrogens is 704 g/mol. The molecule has 3 aromatic carbocycles. The lowest BCUT2D eigenvalue weighted by Gasteiger charge is -2.44. The Hall–Kier alpha value is -3.56. The predicted octanol–water partition coefficient (Wildman–Crippen LogP) is 9.20. The number of hydrogen-bond acceptors (Lipinski definition) is 5. The molecular formula is C42H49BrN2O4Si. The second-order valence-corrected chi connectivity index (χ2v) is 20.7. The van der Waals surface area contributed by atoms with Gasteiger partial charge < -0.3 is 18.5 Å². The monoisotopic (exact) mass is 752 g/mol. The molecule has 0 amide bonds. The lowest BCUT2D eigenvalue weighted by Crippen LogP contribution is -2.67. The largest absolute Gasteiger partial charge is 0.464 e. The normalized spacial score (nSPS) is 17.4. The fourth-order valence-electron chi connectivity index (χ4n) is 7.79. The number of nitrogens with zero attached hydrogens (tertiary/aromatic N) is 2. The quantitative estimate of drug-likeness (QED) is 0.0887. The Morgan fingerprint density at radius 3 is 2.16 bits per heavy atom. The Balaban J connectivity index is 1.49. The SMILES string of the molecule is CO[C@@H](C)c1ncccc1-c1c(CC(C)(C)CO[Si](c2ccccc2)(c2ccccc2)C(C)(C)C)c2cc(Br)ccc2n1C1CC(OC=O)C1. The van der Waals surface area contributed by atoms with E-state index in [1.807, 2.05) is 19.2 Å². The van der Waals surface area contributed by atoms with Gasteiger partial charge >= 0.3 is 0 Å². The third-order valence-corrected chi connectivity index (χ3v) is 15.8. The number of benzene rings is 3. The van der Waals surface area contributed by atoms with Gasteiger partial charge in [-0.1, -0.05) is 111 Å². The van der Waals surface area contributed by atoms with Crippen LogP contribution in [-0.2, 0) is 25.1 Å². The van der Waals surface area contributed by atoms with Gasteiger partial charge in [-0.05, 0) is 70.1 Å². The van der Waals surface area contributed by atoms with E-state index in [4.69, 9.17) is 18.9 Å². The first kappa shape index (κ1) is 36.2. The van der Waals surface area contributed by atoms with Crippen molar-refractivity contribution in [3.63, 3.8) is 0 Å². The van der Waals surface area contributed by atoms with E-state index in [0.717, 1.165) is 46.2 Å². The van der Waals surface area contributed by atoms with E-state index < -0.39 is 8.32 Å². The molecule has 0 radical (unpaired) electrons. The lowest BCUT2D eigenvalue weighted by atomic mass is 9.84. The Labute approximate surface area is 306 Å². The van der Waals surface area contributed by atoms with Gasteiger partial charge in [0.15, 0.2) is 0 Å². The molecule has 1 saturated carbocycles. The Morgan fingerprint density at radius 2 is 1.58 bits per heavy atom. The minimum absolute atomic E-state index is 0.0794. The molecule has 50 heavy (non-hydrogen) atoms. The summed E-state index contributed by atoms with van der Waals surface area (Å²) in [7, 11) is -1.02. The summed E-state index contributed by atoms with van der Waals surface area (Å²) in [4.78, 5) is 16.1. The van der Waals surface area contributed by atoms with Crippen LogP contribution < -0.4 is 10.4 Å². The summed E-state index contributed by atoms with van der Waals surface area (Å²) < 4.78 is 22.3. The van der Waals surface area contributed by atoms with Crippen molar-refractivity contribution in [1.29, 1.82) is 0 Å². The number of fused-ring (bicyclic) bond motifs is 1. The number of methoxy groups -OCH3 is 1. The topological polar surface area (TPSA) is 62.6 Å². The number of carbonyl (C=O) groups is 1. The highest BCUT2D eigenvalue weighted by Crippen LogP contribution is 2.47. The zero-order valence-electron chi connectivity index (χ0n) is 30.3. The lowest BCUT2D eigenvalue weighted by molar-refractivity contribution is -0.139. The molecule has 2 heterocycles. The number of ether oxygens (including phenoxy) is 2. The van der Waals surface area contributed by atoms with E-state index in [2.05, 4.69) is 140 Å². The number of pyridine rings is 1. The predicted molar refractivity (Wildman–Crippen MR) is 209 cm³/mol. The van der Waals surface area contributed by atoms with Gasteiger partial charge in [0, 0.05) is 59.7 Å². The van der Waals surface area contributed by atoms with Crippen molar-refractivity contribution >= 4 is 52.0 Å². The van der Waals surface area contributed by atoms with E-state index >= 15 is 0 Å². The van der Waals surface area contributed by atoms with Crippen LogP contribution in [0.15, 0.2) is 102 Å². The summed E-state index contributed by atoms with van der Waals surface area (Å²) in [5.74, 6) is 0. The van der Waals surface area contributed by atoms with Crippen LogP contribution in [0.1, 0.15) is 77.8 Å². The van der Waals surface area contributed by atoms with Crippen molar-refractivity contribution in [2.24, 2.45) is 5.41 Å². The molecule has 1 fully saturated rings. The fraction of sp³-hybridized carbons (Fsp3) is 0.381. The van der Waals surface area contributed by atoms with E-state index in [-0.39, 0.29) is 28.7 Å². The van der Waals surface area contributed by atoms with Crippen LogP contribution in [0.4, 0.5) is 0 Å². The molecule has 262 valence electrons. The summed E-state index contributed by atoms with van der Waals surface area (Å²) >= 11 is 3.79. The van der Waals surface area contributed by atoms with Gasteiger partial charge in [0.2, 0.25) is 0 Å². The van der Waals surface area contributed by atoms with Crippen molar-refractivity contribution < 1.29 is 18.7 Å². The van der Waals surface area contributed by atoms with Crippen LogP contribution in [0, 0.1) is 5.41 Å². The molecule has 0 spiro atoms. The van der Waals surface area contributed by atoms with E-state index in [9.17, 15) is 4.79 Å². The van der Waals surface area contributed by atoms with Crippen molar-refractivity contribution in [1.82, 2.24) is 9.55 Å². The van der Waals surface area contributed by atoms with Gasteiger partial charge in [-0.3, -0.25) is 9.78 Å². The number of halogens is 1. The second kappa shape index (κ2) is 14.6. The second-order valence-electron chi connectivity index (χ2n) is 15.4. The molecule has 1 atom stereocenters. The van der Waals surface area contributed by atoms with Crippen LogP contribution in [-0.4, -0.2) is 44.2 Å². The van der Waals surface area contributed by atoms with Crippen LogP contribution in [0.2, 0.25) is 5.04 Å². The smallest absolute Gasteiger partial charge is 0.293 e. The zero-order chi connectivity index (χ0) is 35.7. The third kappa shape index (κ3) is 6.87. The summed E-state index contributed by atoms with van der Waals surface area (Å²) in [6.07, 6.45) is 3.87. The van der Waals surface area contributed by atoms with Gasteiger partial charge in [-0.2, -0.15) is 0 Å². The van der Waals surface area contributed by atoms with Gasteiger partial charge in [-0.25, -0.2) is 0 Å². The minimum atomic E-state index is -2.75. The molecule has 0 aliphatic heterocycles. The highest BCUT2D eigenvalue weighted by molar-refractivity contribution is 9.10. The Kier molecular flexibility index (Phi) is 10.6. The first-order chi connectivity index (χ1) is 23.9. The number of hydrogen-bond donors (Lipinski definition) is 0. The molecule has 2 aromatic heterocycles. The van der Waals surface area contributed by atoms with Gasteiger partial charge in [0.25, 0.3) is 14.8 Å². The van der Waals surface area contributed by atoms with Gasteiger partial charge in [0.1, 0.15) is 6.10 Å². The molecule has 1 aliphatic rings. The molecule has 0 unspecified atom stereocenters. The van der Waals surface area contributed by atoms with E-state index in [1.165, 1.54) is 21.3 Å². The molecule has 5 aromatic rings. The number of rotatable bonds is 13. The number of aromatic nitrogens is 2. The first-order valence-electron chi connectivity index (χ1n) is 17.5. The summed E-state index contributed by atoms with van der Waals surface area (Å²) in [5, 5.41) is 3.64. The summed E-state index contributed by atoms with van der Waals surface area (Å²) in [6.45, 7) is 14.8. The molecule has 8 heteroatoms. The average Bonchev–Trinajstić information content (AvgIpc) is 3.37. The fourth-order valence-corrected chi connectivity index (χ4v) is 12.9. The maximum Gasteiger partial charge on any atom is 0.293 e. The van der Waals surface area contributed by atoms with E-state index in [0.29, 0.717) is 13.1 Å². The van der Waals surface area contributed by atoms with Crippen LogP contribution in [0.3, 0.4) is 0 Å². The summed E-state index contributed by atoms with van der Waals surface area (Å²) in [6, 6.07) is 32.7. The molecule has 0 N–H and O–H groups in total. The first-order valence-corrected chi connectivity index (χ1v) is 20.2. The molecule has 6 rings (SSSR count). The van der Waals surface area contributed by atoms with Crippen molar-refractivity contribution in [2.75, 3.05) is 13.7 Å². The van der Waals surface area contributed by atoms with Crippen molar-refractivity contribution in [3.05, 3.63) is 113 Å². The van der Waals surface area contributed by atoms with Crippen LogP contribution in [0.5, 0.6) is 0 Å². The Morgan fingerprint density at radius 1 is 0.940 bits per heavy atom. The van der Waals surface area contributed by atoms with Crippen molar-refractivity contribution in [3.8, 4) is 11.3 Å². The highest BCUT2D eigenvalue weighted by atomic mass is 79.9. The maximum absolute atomic E-state index is 11.2. The third-order valence-electron chi connectivity index (χ3n) is 10.3. The zero-order valence-corrected chi connectivity index (χ0v) is 32.9. The maximum atomic E-state index is 11.2.